The van der Waals surface area contributed by atoms with Gasteiger partial charge in [0.2, 0.25) is 0 Å². The van der Waals surface area contributed by atoms with Crippen LogP contribution in [0.3, 0.4) is 0 Å². The van der Waals surface area contributed by atoms with Crippen molar-refractivity contribution in [3.05, 3.63) is 52.4 Å². The van der Waals surface area contributed by atoms with Crippen LogP contribution in [-0.2, 0) is 4.74 Å². The molecular weight excluding hydrogens is 381 g/mol. The molecule has 1 saturated carbocycles. The number of anilines is 2. The zero-order chi connectivity index (χ0) is 19.5. The predicted molar refractivity (Wildman–Crippen MR) is 107 cm³/mol. The van der Waals surface area contributed by atoms with Gasteiger partial charge in [0.25, 0.3) is 5.91 Å². The fraction of sp³-hybridized carbons (Fsp3) is 0.429. The van der Waals surface area contributed by atoms with Crippen molar-refractivity contribution >= 4 is 29.0 Å². The summed E-state index contributed by atoms with van der Waals surface area (Å²) in [5.74, 6) is 0.821. The van der Waals surface area contributed by atoms with Crippen LogP contribution in [0.5, 0.6) is 0 Å². The number of amides is 1. The fourth-order valence-corrected chi connectivity index (χ4v) is 3.65. The number of carbonyl (C=O) groups excluding carboxylic acids is 1. The van der Waals surface area contributed by atoms with Crippen LogP contribution in [0.2, 0.25) is 5.02 Å². The molecule has 1 amide bonds. The van der Waals surface area contributed by atoms with Gasteiger partial charge < -0.3 is 15.4 Å². The summed E-state index contributed by atoms with van der Waals surface area (Å²) in [5.41, 5.74) is 1.83. The van der Waals surface area contributed by atoms with Crippen LogP contribution in [-0.4, -0.2) is 30.6 Å². The molecule has 0 spiro atoms. The van der Waals surface area contributed by atoms with E-state index in [2.05, 4.69) is 15.6 Å². The van der Waals surface area contributed by atoms with Crippen molar-refractivity contribution in [1.29, 1.82) is 0 Å². The van der Waals surface area contributed by atoms with E-state index in [-0.39, 0.29) is 11.6 Å². The van der Waals surface area contributed by atoms with Gasteiger partial charge in [-0.2, -0.15) is 0 Å². The first-order valence-corrected chi connectivity index (χ1v) is 10.1. The molecule has 0 radical (unpaired) electrons. The SMILES string of the molecule is O=C(NCC1CCOCC1)c1cnc(Nc2cc(Cl)ccc2F)cc1C1CC1. The topological polar surface area (TPSA) is 63.2 Å². The molecule has 5 nitrogen and oxygen atoms in total. The Hall–Kier alpha value is -2.18. The molecule has 7 heteroatoms. The van der Waals surface area contributed by atoms with Crippen molar-refractivity contribution in [1.82, 2.24) is 10.3 Å². The van der Waals surface area contributed by atoms with E-state index in [1.807, 2.05) is 6.07 Å². The molecule has 1 aliphatic carbocycles. The first kappa shape index (κ1) is 19.2. The molecule has 1 aliphatic heterocycles. The van der Waals surface area contributed by atoms with Gasteiger partial charge in [-0.25, -0.2) is 9.37 Å². The molecule has 0 unspecified atom stereocenters. The number of hydrogen-bond donors (Lipinski definition) is 2. The van der Waals surface area contributed by atoms with E-state index in [0.29, 0.717) is 34.8 Å². The Kier molecular flexibility index (Phi) is 5.78. The van der Waals surface area contributed by atoms with E-state index in [0.717, 1.165) is 44.5 Å². The molecule has 2 aromatic rings. The first-order chi connectivity index (χ1) is 13.6. The van der Waals surface area contributed by atoms with Gasteiger partial charge in [0.1, 0.15) is 11.6 Å². The smallest absolute Gasteiger partial charge is 0.253 e. The Bertz CT molecular complexity index is 867. The van der Waals surface area contributed by atoms with E-state index in [1.165, 1.54) is 18.2 Å². The summed E-state index contributed by atoms with van der Waals surface area (Å²) in [5, 5.41) is 6.46. The molecule has 2 heterocycles. The van der Waals surface area contributed by atoms with Crippen LogP contribution in [0, 0.1) is 11.7 Å². The third-order valence-electron chi connectivity index (χ3n) is 5.28. The fourth-order valence-electron chi connectivity index (χ4n) is 3.48. The summed E-state index contributed by atoms with van der Waals surface area (Å²) in [7, 11) is 0. The van der Waals surface area contributed by atoms with Gasteiger partial charge in [-0.3, -0.25) is 4.79 Å². The highest BCUT2D eigenvalue weighted by Gasteiger charge is 2.29. The average Bonchev–Trinajstić information content (AvgIpc) is 3.55. The van der Waals surface area contributed by atoms with Crippen LogP contribution in [0.4, 0.5) is 15.9 Å². The molecule has 148 valence electrons. The van der Waals surface area contributed by atoms with Gasteiger partial charge in [-0.15, -0.1) is 0 Å². The summed E-state index contributed by atoms with van der Waals surface area (Å²) >= 11 is 5.95. The lowest BCUT2D eigenvalue weighted by Gasteiger charge is -2.22. The number of nitrogens with one attached hydrogen (secondary N) is 2. The maximum atomic E-state index is 14.0. The number of ether oxygens (including phenoxy) is 1. The highest BCUT2D eigenvalue weighted by molar-refractivity contribution is 6.30. The van der Waals surface area contributed by atoms with Crippen molar-refractivity contribution in [3.63, 3.8) is 0 Å². The number of nitrogens with zero attached hydrogens (tertiary/aromatic N) is 1. The van der Waals surface area contributed by atoms with E-state index < -0.39 is 5.82 Å². The van der Waals surface area contributed by atoms with E-state index in [9.17, 15) is 9.18 Å². The Morgan fingerprint density at radius 3 is 2.75 bits per heavy atom. The zero-order valence-corrected chi connectivity index (χ0v) is 16.3. The summed E-state index contributed by atoms with van der Waals surface area (Å²) in [6, 6.07) is 6.17. The number of pyridine rings is 1. The Labute approximate surface area is 168 Å². The van der Waals surface area contributed by atoms with Gasteiger partial charge >= 0.3 is 0 Å². The predicted octanol–water partition coefficient (Wildman–Crippen LogP) is 4.65. The number of aromatic nitrogens is 1. The lowest BCUT2D eigenvalue weighted by Crippen LogP contribution is -2.32. The van der Waals surface area contributed by atoms with Crippen LogP contribution in [0.25, 0.3) is 0 Å². The number of carbonyl (C=O) groups is 1. The van der Waals surface area contributed by atoms with Crippen LogP contribution < -0.4 is 10.6 Å². The summed E-state index contributed by atoms with van der Waals surface area (Å²) in [4.78, 5) is 17.1. The van der Waals surface area contributed by atoms with Crippen molar-refractivity contribution in [3.8, 4) is 0 Å². The lowest BCUT2D eigenvalue weighted by atomic mass is 10.00. The van der Waals surface area contributed by atoms with Crippen molar-refractivity contribution < 1.29 is 13.9 Å². The molecule has 1 saturated heterocycles. The van der Waals surface area contributed by atoms with Gasteiger partial charge in [0.15, 0.2) is 0 Å². The van der Waals surface area contributed by atoms with E-state index in [4.69, 9.17) is 16.3 Å². The molecular formula is C21H23ClFN3O2. The molecule has 2 fully saturated rings. The minimum absolute atomic E-state index is 0.0959. The number of benzene rings is 1. The number of halogens is 2. The standard InChI is InChI=1S/C21H23ClFN3O2/c22-15-3-4-18(23)19(9-15)26-20-10-16(14-1-2-14)17(12-24-20)21(27)25-11-13-5-7-28-8-6-13/h3-4,9-10,12-14H,1-2,5-8,11H2,(H,24,26)(H,25,27). The maximum absolute atomic E-state index is 14.0. The van der Waals surface area contributed by atoms with Crippen LogP contribution >= 0.6 is 11.6 Å². The van der Waals surface area contributed by atoms with Gasteiger partial charge in [-0.05, 0) is 67.3 Å². The monoisotopic (exact) mass is 403 g/mol. The van der Waals surface area contributed by atoms with Gasteiger partial charge in [-0.1, -0.05) is 11.6 Å². The summed E-state index contributed by atoms with van der Waals surface area (Å²) in [6.45, 7) is 2.17. The largest absolute Gasteiger partial charge is 0.381 e. The van der Waals surface area contributed by atoms with Gasteiger partial charge in [0, 0.05) is 31.0 Å². The highest BCUT2D eigenvalue weighted by Crippen LogP contribution is 2.42. The second-order valence-electron chi connectivity index (χ2n) is 7.45. The highest BCUT2D eigenvalue weighted by atomic mass is 35.5. The number of hydrogen-bond acceptors (Lipinski definition) is 4. The average molecular weight is 404 g/mol. The number of rotatable bonds is 6. The normalized spacial score (nSPS) is 17.4. The minimum atomic E-state index is -0.405. The molecule has 4 rings (SSSR count). The Balaban J connectivity index is 1.49. The Morgan fingerprint density at radius 1 is 1.21 bits per heavy atom. The molecule has 1 aromatic carbocycles. The molecule has 0 bridgehead atoms. The van der Waals surface area contributed by atoms with Crippen LogP contribution in [0.15, 0.2) is 30.5 Å². The second-order valence-corrected chi connectivity index (χ2v) is 7.88. The van der Waals surface area contributed by atoms with E-state index in [1.54, 1.807) is 6.20 Å². The van der Waals surface area contributed by atoms with Crippen LogP contribution in [0.1, 0.15) is 47.5 Å². The molecule has 28 heavy (non-hydrogen) atoms. The molecule has 0 atom stereocenters. The molecule has 2 N–H and O–H groups in total. The third kappa shape index (κ3) is 4.62. The van der Waals surface area contributed by atoms with Crippen molar-refractivity contribution in [2.45, 2.75) is 31.6 Å². The first-order valence-electron chi connectivity index (χ1n) is 9.68. The van der Waals surface area contributed by atoms with Crippen molar-refractivity contribution in [2.24, 2.45) is 5.92 Å². The minimum Gasteiger partial charge on any atom is -0.381 e. The quantitative estimate of drug-likeness (QED) is 0.736. The zero-order valence-electron chi connectivity index (χ0n) is 15.5. The maximum Gasteiger partial charge on any atom is 0.253 e. The Morgan fingerprint density at radius 2 is 2.00 bits per heavy atom. The molecule has 1 aromatic heterocycles. The lowest BCUT2D eigenvalue weighted by molar-refractivity contribution is 0.0642. The second kappa shape index (κ2) is 8.45. The third-order valence-corrected chi connectivity index (χ3v) is 5.52. The van der Waals surface area contributed by atoms with Crippen molar-refractivity contribution in [2.75, 3.05) is 25.1 Å². The summed E-state index contributed by atoms with van der Waals surface area (Å²) < 4.78 is 19.4. The van der Waals surface area contributed by atoms with Gasteiger partial charge in [0.05, 0.1) is 11.3 Å². The molecule has 2 aliphatic rings. The van der Waals surface area contributed by atoms with E-state index >= 15 is 0 Å². The summed E-state index contributed by atoms with van der Waals surface area (Å²) in [6.07, 6.45) is 5.63.